The minimum Gasteiger partial charge on any atom is -0.385 e. The zero-order valence-corrected chi connectivity index (χ0v) is 4.99. The first-order valence-electron chi connectivity index (χ1n) is 1.40. The third-order valence-electron chi connectivity index (χ3n) is 0.289. The van der Waals surface area contributed by atoms with Gasteiger partial charge in [0, 0.05) is 34.1 Å². The molecule has 0 aromatic rings. The molecule has 0 atom stereocenters. The molecule has 0 unspecified atom stereocenters. The van der Waals surface area contributed by atoms with E-state index in [0.717, 1.165) is 6.61 Å². The summed E-state index contributed by atoms with van der Waals surface area (Å²) in [6.45, 7) is 2.78. The summed E-state index contributed by atoms with van der Waals surface area (Å²) in [5.74, 6) is 0. The van der Waals surface area contributed by atoms with Gasteiger partial charge in [-0.05, 0) is 6.92 Å². The second kappa shape index (κ2) is 8.82. The quantitative estimate of drug-likeness (QED) is 0.520. The van der Waals surface area contributed by atoms with Crippen LogP contribution in [0.2, 0.25) is 0 Å². The zero-order chi connectivity index (χ0) is 3.41. The molecule has 0 aromatic carbocycles. The second-order valence-corrected chi connectivity index (χ2v) is 0.577. The van der Waals surface area contributed by atoms with Gasteiger partial charge in [-0.3, -0.25) is 0 Å². The predicted octanol–water partition coefficient (Wildman–Crippen LogP) is 0.650. The van der Waals surface area contributed by atoms with Crippen molar-refractivity contribution in [3.05, 3.63) is 0 Å². The summed E-state index contributed by atoms with van der Waals surface area (Å²) >= 11 is 0. The van der Waals surface area contributed by atoms with Crippen molar-refractivity contribution in [3.8, 4) is 0 Å². The summed E-state index contributed by atoms with van der Waals surface area (Å²) in [5.41, 5.74) is 0. The van der Waals surface area contributed by atoms with E-state index < -0.39 is 0 Å². The molecule has 0 radical (unpaired) electrons. The summed E-state index contributed by atoms with van der Waals surface area (Å²) in [4.78, 5) is 0. The fourth-order valence-corrected chi connectivity index (χ4v) is 0. The predicted molar refractivity (Wildman–Crippen MR) is 17.6 cm³/mol. The van der Waals surface area contributed by atoms with Crippen LogP contribution in [0.15, 0.2) is 0 Å². The molecule has 0 N–H and O–H groups in total. The second-order valence-electron chi connectivity index (χ2n) is 0.577. The van der Waals surface area contributed by atoms with E-state index in [-0.39, 0.29) is 20.4 Å². The van der Waals surface area contributed by atoms with Crippen LogP contribution in [-0.2, 0) is 25.2 Å². The molecule has 0 aliphatic carbocycles. The molecule has 0 saturated heterocycles. The average Bonchev–Trinajstić information content (AvgIpc) is 1.37. The molecule has 5 heavy (non-hydrogen) atoms. The van der Waals surface area contributed by atoms with Gasteiger partial charge in [-0.1, -0.05) is 0 Å². The van der Waals surface area contributed by atoms with Crippen LogP contribution >= 0.6 is 0 Å². The summed E-state index contributed by atoms with van der Waals surface area (Å²) in [6, 6.07) is 0. The van der Waals surface area contributed by atoms with Crippen molar-refractivity contribution in [2.45, 2.75) is 6.92 Å². The van der Waals surface area contributed by atoms with Crippen LogP contribution in [0.1, 0.15) is 6.92 Å². The van der Waals surface area contributed by atoms with Gasteiger partial charge < -0.3 is 4.74 Å². The van der Waals surface area contributed by atoms with E-state index in [9.17, 15) is 0 Å². The molecule has 0 rings (SSSR count). The first-order chi connectivity index (χ1) is 1.91. The van der Waals surface area contributed by atoms with E-state index in [1.165, 1.54) is 0 Å². The number of rotatable bonds is 1. The van der Waals surface area contributed by atoms with Crippen molar-refractivity contribution < 1.29 is 25.2 Å². The molecule has 36 valence electrons. The van der Waals surface area contributed by atoms with E-state index >= 15 is 0 Å². The van der Waals surface area contributed by atoms with Crippen LogP contribution < -0.4 is 0 Å². The fraction of sp³-hybridized carbons (Fsp3) is 1.00. The monoisotopic (exact) mass is 166 g/mol. The van der Waals surface area contributed by atoms with E-state index in [1.54, 1.807) is 7.11 Å². The van der Waals surface area contributed by atoms with Gasteiger partial charge in [-0.25, -0.2) is 0 Å². The van der Waals surface area contributed by atoms with E-state index in [1.807, 2.05) is 6.92 Å². The third-order valence-corrected chi connectivity index (χ3v) is 0.289. The Labute approximate surface area is 46.4 Å². The number of methoxy groups -OCH3 is 1. The average molecular weight is 167 g/mol. The number of hydrogen-bond acceptors (Lipinski definition) is 1. The van der Waals surface area contributed by atoms with Crippen molar-refractivity contribution in [1.29, 1.82) is 0 Å². The largest absolute Gasteiger partial charge is 0.385 e. The summed E-state index contributed by atoms with van der Waals surface area (Å²) in [6.07, 6.45) is 0. The molecule has 0 aromatic heterocycles. The van der Waals surface area contributed by atoms with Crippen molar-refractivity contribution in [1.82, 2.24) is 0 Å². The smallest absolute Gasteiger partial charge is 0.0433 e. The van der Waals surface area contributed by atoms with Gasteiger partial charge in [0.1, 0.15) is 0 Å². The van der Waals surface area contributed by atoms with E-state index in [4.69, 9.17) is 0 Å². The normalized spacial score (nSPS) is 6.00. The van der Waals surface area contributed by atoms with Gasteiger partial charge in [0.2, 0.25) is 0 Å². The van der Waals surface area contributed by atoms with Crippen molar-refractivity contribution in [2.75, 3.05) is 13.7 Å². The van der Waals surface area contributed by atoms with Gasteiger partial charge in [0.05, 0.1) is 0 Å². The van der Waals surface area contributed by atoms with Crippen LogP contribution in [-0.4, -0.2) is 13.7 Å². The van der Waals surface area contributed by atoms with Crippen LogP contribution in [0.4, 0.5) is 0 Å². The Morgan fingerprint density at radius 3 is 1.80 bits per heavy atom. The molecule has 0 amide bonds. The Morgan fingerprint density at radius 2 is 1.80 bits per heavy atom. The zero-order valence-electron chi connectivity index (χ0n) is 3.43. The molecular weight excluding hydrogens is 158 g/mol. The standard InChI is InChI=1S/C3H8O.Pd/c1-3-4-2;/h3H2,1-2H3;. The minimum absolute atomic E-state index is 0. The number of hydrogen-bond donors (Lipinski definition) is 0. The topological polar surface area (TPSA) is 9.23 Å². The van der Waals surface area contributed by atoms with Crippen LogP contribution in [0, 0.1) is 0 Å². The fourth-order valence-electron chi connectivity index (χ4n) is 0. The van der Waals surface area contributed by atoms with Crippen molar-refractivity contribution >= 4 is 0 Å². The maximum absolute atomic E-state index is 4.54. The molecule has 0 fully saturated rings. The van der Waals surface area contributed by atoms with Crippen molar-refractivity contribution in [2.24, 2.45) is 0 Å². The van der Waals surface area contributed by atoms with Gasteiger partial charge in [-0.2, -0.15) is 0 Å². The van der Waals surface area contributed by atoms with Crippen molar-refractivity contribution in [3.63, 3.8) is 0 Å². The van der Waals surface area contributed by atoms with Crippen LogP contribution in [0.3, 0.4) is 0 Å². The van der Waals surface area contributed by atoms with E-state index in [2.05, 4.69) is 4.74 Å². The molecule has 0 heterocycles. The molecule has 0 bridgehead atoms. The molecule has 0 aliphatic rings. The van der Waals surface area contributed by atoms with E-state index in [0.29, 0.717) is 0 Å². The number of ether oxygens (including phenoxy) is 1. The molecule has 2 heteroatoms. The Kier molecular flexibility index (Phi) is 16.1. The first kappa shape index (κ1) is 9.16. The Morgan fingerprint density at radius 1 is 1.60 bits per heavy atom. The maximum atomic E-state index is 4.54. The van der Waals surface area contributed by atoms with Crippen LogP contribution in [0.5, 0.6) is 0 Å². The Hall–Kier alpha value is 0.622. The summed E-state index contributed by atoms with van der Waals surface area (Å²) in [5, 5.41) is 0. The van der Waals surface area contributed by atoms with Gasteiger partial charge >= 0.3 is 0 Å². The molecule has 1 nitrogen and oxygen atoms in total. The SMILES string of the molecule is CCOC.[Pd]. The maximum Gasteiger partial charge on any atom is 0.0433 e. The van der Waals surface area contributed by atoms with Gasteiger partial charge in [-0.15, -0.1) is 0 Å². The van der Waals surface area contributed by atoms with Gasteiger partial charge in [0.15, 0.2) is 0 Å². The Bertz CT molecular complexity index is 8.85. The Balaban J connectivity index is 0. The molecule has 0 spiro atoms. The minimum atomic E-state index is 0. The summed E-state index contributed by atoms with van der Waals surface area (Å²) < 4.78 is 4.54. The third kappa shape index (κ3) is 12.1. The molecular formula is C3H8OPd. The summed E-state index contributed by atoms with van der Waals surface area (Å²) in [7, 11) is 1.68. The molecule has 0 aliphatic heterocycles. The van der Waals surface area contributed by atoms with Gasteiger partial charge in [0.25, 0.3) is 0 Å². The van der Waals surface area contributed by atoms with Crippen LogP contribution in [0.25, 0.3) is 0 Å². The first-order valence-corrected chi connectivity index (χ1v) is 1.40. The molecule has 0 saturated carbocycles.